The highest BCUT2D eigenvalue weighted by Crippen LogP contribution is 2.31. The summed E-state index contributed by atoms with van der Waals surface area (Å²) in [4.78, 5) is 10.3. The van der Waals surface area contributed by atoms with Crippen LogP contribution in [0.5, 0.6) is 0 Å². The molecule has 1 fully saturated rings. The van der Waals surface area contributed by atoms with Crippen molar-refractivity contribution >= 4 is 22.4 Å². The van der Waals surface area contributed by atoms with E-state index in [0.717, 1.165) is 6.07 Å². The summed E-state index contributed by atoms with van der Waals surface area (Å²) < 4.78 is 23.4. The quantitative estimate of drug-likeness (QED) is 0.412. The van der Waals surface area contributed by atoms with Crippen molar-refractivity contribution in [1.29, 1.82) is 0 Å². The highest BCUT2D eigenvalue weighted by atomic mass is 19.1. The summed E-state index contributed by atoms with van der Waals surface area (Å²) in [6.07, 6.45) is -6.64. The topological polar surface area (TPSA) is 164 Å². The molecule has 1 saturated heterocycles. The van der Waals surface area contributed by atoms with Gasteiger partial charge in [0.25, 0.3) is 0 Å². The molecule has 2 heterocycles. The lowest BCUT2D eigenvalue weighted by Crippen LogP contribution is -2.59. The number of aromatic nitrogens is 2. The van der Waals surface area contributed by atoms with Crippen molar-refractivity contribution in [2.45, 2.75) is 30.7 Å². The standard InChI is InChI=1S/C12H13FN4O7/c13-7-6(3-18)23-12(20)10(11(7)19)14-4-1-2-5(17(21)22)9-8(4)15-24-16-9/h1-2,6-7,10-12,14,18-20H,3H2/t6-,7-,10-,11+,12-/m1/s1. The molecule has 0 unspecified atom stereocenters. The van der Waals surface area contributed by atoms with E-state index in [9.17, 15) is 24.7 Å². The Labute approximate surface area is 132 Å². The first-order chi connectivity index (χ1) is 11.4. The van der Waals surface area contributed by atoms with Crippen molar-refractivity contribution in [2.24, 2.45) is 0 Å². The first kappa shape index (κ1) is 16.4. The van der Waals surface area contributed by atoms with Crippen molar-refractivity contribution in [1.82, 2.24) is 10.3 Å². The van der Waals surface area contributed by atoms with Gasteiger partial charge in [0.2, 0.25) is 5.52 Å². The Kier molecular flexibility index (Phi) is 4.28. The molecule has 0 amide bonds. The average Bonchev–Trinajstić information content (AvgIpc) is 3.04. The number of alkyl halides is 1. The second-order valence-electron chi connectivity index (χ2n) is 5.20. The van der Waals surface area contributed by atoms with Gasteiger partial charge in [0.1, 0.15) is 18.2 Å². The summed E-state index contributed by atoms with van der Waals surface area (Å²) in [6.45, 7) is -0.711. The van der Waals surface area contributed by atoms with Crippen molar-refractivity contribution < 1.29 is 34.0 Å². The lowest BCUT2D eigenvalue weighted by Gasteiger charge is -2.39. The Morgan fingerprint density at radius 2 is 2.04 bits per heavy atom. The molecular formula is C12H13FN4O7. The summed E-state index contributed by atoms with van der Waals surface area (Å²) >= 11 is 0. The zero-order chi connectivity index (χ0) is 17.4. The second-order valence-corrected chi connectivity index (χ2v) is 5.20. The number of anilines is 1. The largest absolute Gasteiger partial charge is 0.394 e. The number of aliphatic hydroxyl groups excluding tert-OH is 3. The number of hydrogen-bond donors (Lipinski definition) is 4. The number of fused-ring (bicyclic) bond motifs is 1. The van der Waals surface area contributed by atoms with Gasteiger partial charge in [-0.2, -0.15) is 0 Å². The zero-order valence-corrected chi connectivity index (χ0v) is 11.9. The van der Waals surface area contributed by atoms with Gasteiger partial charge in [-0.05, 0) is 16.4 Å². The average molecular weight is 344 g/mol. The number of hydrogen-bond acceptors (Lipinski definition) is 10. The van der Waals surface area contributed by atoms with Crippen LogP contribution in [0.3, 0.4) is 0 Å². The van der Waals surface area contributed by atoms with Gasteiger partial charge in [0, 0.05) is 6.07 Å². The number of nitro benzene ring substituents is 1. The molecule has 0 aliphatic carbocycles. The Morgan fingerprint density at radius 3 is 2.71 bits per heavy atom. The smallest absolute Gasteiger partial charge is 0.300 e. The Balaban J connectivity index is 1.91. The van der Waals surface area contributed by atoms with Gasteiger partial charge in [-0.1, -0.05) is 0 Å². The molecule has 2 aromatic rings. The molecule has 0 saturated carbocycles. The van der Waals surface area contributed by atoms with E-state index in [1.807, 2.05) is 0 Å². The minimum atomic E-state index is -1.94. The first-order valence-corrected chi connectivity index (χ1v) is 6.86. The third-order valence-corrected chi connectivity index (χ3v) is 3.76. The zero-order valence-electron chi connectivity index (χ0n) is 11.9. The minimum Gasteiger partial charge on any atom is -0.394 e. The maximum atomic E-state index is 14.0. The molecule has 1 aromatic heterocycles. The summed E-state index contributed by atoms with van der Waals surface area (Å²) in [7, 11) is 0. The van der Waals surface area contributed by atoms with E-state index >= 15 is 0 Å². The number of benzene rings is 1. The Hall–Kier alpha value is -2.41. The van der Waals surface area contributed by atoms with Gasteiger partial charge in [-0.3, -0.25) is 10.1 Å². The van der Waals surface area contributed by atoms with E-state index < -0.39 is 42.2 Å². The lowest BCUT2D eigenvalue weighted by atomic mass is 9.98. The molecular weight excluding hydrogens is 331 g/mol. The molecule has 1 aliphatic rings. The maximum absolute atomic E-state index is 14.0. The molecule has 0 spiro atoms. The van der Waals surface area contributed by atoms with E-state index in [4.69, 9.17) is 9.84 Å². The van der Waals surface area contributed by atoms with Crippen LogP contribution in [0, 0.1) is 10.1 Å². The predicted molar refractivity (Wildman–Crippen MR) is 74.7 cm³/mol. The third-order valence-electron chi connectivity index (χ3n) is 3.76. The van der Waals surface area contributed by atoms with Gasteiger partial charge >= 0.3 is 5.69 Å². The lowest BCUT2D eigenvalue weighted by molar-refractivity contribution is -0.383. The number of nitrogens with zero attached hydrogens (tertiary/aromatic N) is 3. The predicted octanol–water partition coefficient (Wildman–Crippen LogP) is -0.680. The van der Waals surface area contributed by atoms with E-state index in [0.29, 0.717) is 0 Å². The van der Waals surface area contributed by atoms with Crippen LogP contribution in [0.15, 0.2) is 16.8 Å². The van der Waals surface area contributed by atoms with Crippen molar-refractivity contribution in [3.8, 4) is 0 Å². The summed E-state index contributed by atoms with van der Waals surface area (Å²) in [6, 6.07) is 1.08. The fourth-order valence-corrected chi connectivity index (χ4v) is 2.52. The number of nitro groups is 1. The van der Waals surface area contributed by atoms with Crippen LogP contribution < -0.4 is 5.32 Å². The monoisotopic (exact) mass is 344 g/mol. The van der Waals surface area contributed by atoms with E-state index in [-0.39, 0.29) is 22.4 Å². The fourth-order valence-electron chi connectivity index (χ4n) is 2.52. The molecule has 1 aliphatic heterocycles. The van der Waals surface area contributed by atoms with Crippen LogP contribution in [0.4, 0.5) is 15.8 Å². The third kappa shape index (κ3) is 2.65. The molecule has 0 radical (unpaired) electrons. The Morgan fingerprint density at radius 1 is 1.33 bits per heavy atom. The van der Waals surface area contributed by atoms with Crippen LogP contribution in [-0.4, -0.2) is 67.9 Å². The summed E-state index contributed by atoms with van der Waals surface area (Å²) in [5.41, 5.74) is -0.390. The molecule has 130 valence electrons. The number of ether oxygens (including phenoxy) is 1. The number of nitrogens with one attached hydrogen (secondary N) is 1. The first-order valence-electron chi connectivity index (χ1n) is 6.86. The van der Waals surface area contributed by atoms with Crippen molar-refractivity contribution in [3.05, 3.63) is 22.2 Å². The summed E-state index contributed by atoms with van der Waals surface area (Å²) in [5, 5.41) is 49.4. The highest BCUT2D eigenvalue weighted by Gasteiger charge is 2.45. The number of halogens is 1. The van der Waals surface area contributed by atoms with Crippen molar-refractivity contribution in [3.63, 3.8) is 0 Å². The highest BCUT2D eigenvalue weighted by molar-refractivity contribution is 5.93. The maximum Gasteiger partial charge on any atom is 0.300 e. The van der Waals surface area contributed by atoms with E-state index in [1.54, 1.807) is 0 Å². The number of non-ortho nitro benzene ring substituents is 1. The molecule has 0 bridgehead atoms. The van der Waals surface area contributed by atoms with Crippen LogP contribution in [0.1, 0.15) is 0 Å². The summed E-state index contributed by atoms with van der Waals surface area (Å²) in [5.74, 6) is 0. The van der Waals surface area contributed by atoms with E-state index in [2.05, 4.69) is 20.3 Å². The molecule has 3 rings (SSSR count). The molecule has 11 nitrogen and oxygen atoms in total. The minimum absolute atomic E-state index is 0.0247. The van der Waals surface area contributed by atoms with E-state index in [1.165, 1.54) is 6.07 Å². The van der Waals surface area contributed by atoms with Gasteiger partial charge in [0.15, 0.2) is 18.0 Å². The molecule has 24 heavy (non-hydrogen) atoms. The van der Waals surface area contributed by atoms with Crippen molar-refractivity contribution in [2.75, 3.05) is 11.9 Å². The molecule has 4 N–H and O–H groups in total. The SMILES string of the molecule is O=[N+]([O-])c1ccc(N[C@@H]2[C@@H](O)[C@H](F)[C@@H](CO)O[C@H]2O)c2nonc12. The van der Waals surface area contributed by atoms with Gasteiger partial charge < -0.3 is 25.4 Å². The van der Waals surface area contributed by atoms with Gasteiger partial charge in [-0.25, -0.2) is 9.02 Å². The number of aliphatic hydroxyl groups is 3. The van der Waals surface area contributed by atoms with Crippen LogP contribution in [0.25, 0.3) is 11.0 Å². The molecule has 5 atom stereocenters. The normalized spacial score (nSPS) is 30.4. The van der Waals surface area contributed by atoms with Gasteiger partial charge in [-0.15, -0.1) is 0 Å². The second kappa shape index (κ2) is 6.24. The fraction of sp³-hybridized carbons (Fsp3) is 0.500. The van der Waals surface area contributed by atoms with Crippen LogP contribution in [0.2, 0.25) is 0 Å². The number of rotatable bonds is 4. The molecule has 1 aromatic carbocycles. The Bertz CT molecular complexity index is 756. The molecule has 12 heteroatoms. The van der Waals surface area contributed by atoms with Gasteiger partial charge in [0.05, 0.1) is 17.2 Å². The van der Waals surface area contributed by atoms with Crippen LogP contribution >= 0.6 is 0 Å². The van der Waals surface area contributed by atoms with Crippen LogP contribution in [-0.2, 0) is 4.74 Å².